The first-order valence-corrected chi connectivity index (χ1v) is 5.25. The van der Waals surface area contributed by atoms with Gasteiger partial charge in [0.05, 0.1) is 12.7 Å². The highest BCUT2D eigenvalue weighted by Crippen LogP contribution is 2.26. The van der Waals surface area contributed by atoms with Crippen molar-refractivity contribution in [2.45, 2.75) is 37.7 Å². The van der Waals surface area contributed by atoms with Crippen LogP contribution in [0.25, 0.3) is 0 Å². The molecule has 2 unspecified atom stereocenters. The number of rotatable bonds is 3. The monoisotopic (exact) mass is 176 g/mol. The van der Waals surface area contributed by atoms with E-state index in [4.69, 9.17) is 9.84 Å². The van der Waals surface area contributed by atoms with Crippen molar-refractivity contribution < 1.29 is 9.84 Å². The van der Waals surface area contributed by atoms with Crippen molar-refractivity contribution in [3.8, 4) is 0 Å². The zero-order valence-corrected chi connectivity index (χ0v) is 7.77. The molecular weight excluding hydrogens is 160 g/mol. The molecule has 0 amide bonds. The van der Waals surface area contributed by atoms with Gasteiger partial charge in [-0.15, -0.1) is 11.8 Å². The first-order valence-electron chi connectivity index (χ1n) is 4.21. The summed E-state index contributed by atoms with van der Waals surface area (Å²) in [7, 11) is 0. The Kier molecular flexibility index (Phi) is 4.26. The Hall–Kier alpha value is 0.270. The molecular formula is C8H16O2S. The van der Waals surface area contributed by atoms with Gasteiger partial charge < -0.3 is 9.84 Å². The van der Waals surface area contributed by atoms with E-state index < -0.39 is 0 Å². The minimum absolute atomic E-state index is 0.263. The molecule has 1 N–H and O–H groups in total. The summed E-state index contributed by atoms with van der Waals surface area (Å²) in [6.45, 7) is 2.38. The molecule has 0 saturated carbocycles. The number of aliphatic hydroxyl groups is 1. The summed E-state index contributed by atoms with van der Waals surface area (Å²) in [4.78, 5) is 0. The van der Waals surface area contributed by atoms with Crippen molar-refractivity contribution in [3.63, 3.8) is 0 Å². The predicted molar refractivity (Wildman–Crippen MR) is 47.7 cm³/mol. The molecule has 1 heterocycles. The van der Waals surface area contributed by atoms with Gasteiger partial charge in [-0.1, -0.05) is 0 Å². The quantitative estimate of drug-likeness (QED) is 0.708. The standard InChI is InChI=1S/C8H16O2S/c1-7-3-2-4-8(10-7)11-6-5-9/h7-9H,2-6H2,1H3. The van der Waals surface area contributed by atoms with Crippen LogP contribution in [0.1, 0.15) is 26.2 Å². The molecule has 0 radical (unpaired) electrons. The molecule has 1 rings (SSSR count). The predicted octanol–water partition coefficient (Wildman–Crippen LogP) is 1.63. The summed E-state index contributed by atoms with van der Waals surface area (Å²) >= 11 is 1.73. The van der Waals surface area contributed by atoms with E-state index in [1.165, 1.54) is 12.8 Å². The van der Waals surface area contributed by atoms with Crippen molar-refractivity contribution in [3.05, 3.63) is 0 Å². The maximum Gasteiger partial charge on any atom is 0.103 e. The molecule has 1 saturated heterocycles. The van der Waals surface area contributed by atoms with E-state index in [0.717, 1.165) is 12.2 Å². The highest BCUT2D eigenvalue weighted by Gasteiger charge is 2.18. The lowest BCUT2D eigenvalue weighted by atomic mass is 10.1. The molecule has 2 nitrogen and oxygen atoms in total. The summed E-state index contributed by atoms with van der Waals surface area (Å²) in [5.74, 6) is 0.803. The lowest BCUT2D eigenvalue weighted by Gasteiger charge is -2.26. The molecule has 0 spiro atoms. The molecule has 1 fully saturated rings. The first-order chi connectivity index (χ1) is 5.33. The van der Waals surface area contributed by atoms with E-state index >= 15 is 0 Å². The number of hydrogen-bond donors (Lipinski definition) is 1. The minimum atomic E-state index is 0.263. The fraction of sp³-hybridized carbons (Fsp3) is 1.00. The second kappa shape index (κ2) is 5.01. The van der Waals surface area contributed by atoms with E-state index in [1.54, 1.807) is 11.8 Å². The maximum absolute atomic E-state index is 8.59. The van der Waals surface area contributed by atoms with Gasteiger partial charge in [0.2, 0.25) is 0 Å². The molecule has 0 aromatic carbocycles. The van der Waals surface area contributed by atoms with Crippen LogP contribution in [-0.4, -0.2) is 29.0 Å². The zero-order valence-electron chi connectivity index (χ0n) is 6.95. The number of ether oxygens (including phenoxy) is 1. The zero-order chi connectivity index (χ0) is 8.10. The van der Waals surface area contributed by atoms with Crippen molar-refractivity contribution in [2.24, 2.45) is 0 Å². The third-order valence-corrected chi connectivity index (χ3v) is 2.97. The maximum atomic E-state index is 8.59. The Morgan fingerprint density at radius 1 is 1.55 bits per heavy atom. The highest BCUT2D eigenvalue weighted by atomic mass is 32.2. The number of aliphatic hydroxyl groups excluding tert-OH is 1. The fourth-order valence-corrected chi connectivity index (χ4v) is 2.24. The van der Waals surface area contributed by atoms with E-state index in [1.807, 2.05) is 0 Å². The Morgan fingerprint density at radius 2 is 2.36 bits per heavy atom. The lowest BCUT2D eigenvalue weighted by Crippen LogP contribution is -2.23. The summed E-state index contributed by atoms with van der Waals surface area (Å²) in [6, 6.07) is 0. The van der Waals surface area contributed by atoms with Gasteiger partial charge in [0, 0.05) is 5.75 Å². The average molecular weight is 176 g/mol. The molecule has 2 atom stereocenters. The van der Waals surface area contributed by atoms with Crippen molar-refractivity contribution in [2.75, 3.05) is 12.4 Å². The first kappa shape index (κ1) is 9.36. The molecule has 66 valence electrons. The van der Waals surface area contributed by atoms with Crippen LogP contribution in [0.2, 0.25) is 0 Å². The average Bonchev–Trinajstić information content (AvgIpc) is 2.01. The summed E-state index contributed by atoms with van der Waals surface area (Å²) in [6.07, 6.45) is 4.02. The van der Waals surface area contributed by atoms with Crippen LogP contribution >= 0.6 is 11.8 Å². The second-order valence-electron chi connectivity index (χ2n) is 2.90. The number of thioether (sulfide) groups is 1. The van der Waals surface area contributed by atoms with Crippen LogP contribution in [0.5, 0.6) is 0 Å². The Bertz CT molecular complexity index is 108. The van der Waals surface area contributed by atoms with Crippen LogP contribution in [0.3, 0.4) is 0 Å². The molecule has 1 aliphatic rings. The smallest absolute Gasteiger partial charge is 0.103 e. The van der Waals surface area contributed by atoms with Crippen molar-refractivity contribution in [1.82, 2.24) is 0 Å². The van der Waals surface area contributed by atoms with Crippen LogP contribution in [0, 0.1) is 0 Å². The molecule has 11 heavy (non-hydrogen) atoms. The molecule has 0 aromatic rings. The molecule has 1 aliphatic heterocycles. The summed E-state index contributed by atoms with van der Waals surface area (Å²) in [5.41, 5.74) is 0.339. The lowest BCUT2D eigenvalue weighted by molar-refractivity contribution is 0.00792. The largest absolute Gasteiger partial charge is 0.396 e. The molecule has 3 heteroatoms. The van der Waals surface area contributed by atoms with Gasteiger partial charge >= 0.3 is 0 Å². The van der Waals surface area contributed by atoms with Gasteiger partial charge in [-0.3, -0.25) is 0 Å². The Morgan fingerprint density at radius 3 is 3.00 bits per heavy atom. The van der Waals surface area contributed by atoms with Gasteiger partial charge in [0.15, 0.2) is 0 Å². The van der Waals surface area contributed by atoms with Crippen LogP contribution in [0.4, 0.5) is 0 Å². The highest BCUT2D eigenvalue weighted by molar-refractivity contribution is 7.99. The third kappa shape index (κ3) is 3.45. The third-order valence-electron chi connectivity index (χ3n) is 1.83. The Labute approximate surface area is 72.3 Å². The van der Waals surface area contributed by atoms with Crippen LogP contribution in [-0.2, 0) is 4.74 Å². The number of hydrogen-bond acceptors (Lipinski definition) is 3. The van der Waals surface area contributed by atoms with Gasteiger partial charge in [0.1, 0.15) is 5.44 Å². The van der Waals surface area contributed by atoms with E-state index in [9.17, 15) is 0 Å². The van der Waals surface area contributed by atoms with Crippen LogP contribution < -0.4 is 0 Å². The molecule has 0 aromatic heterocycles. The van der Waals surface area contributed by atoms with E-state index in [2.05, 4.69) is 6.92 Å². The van der Waals surface area contributed by atoms with Gasteiger partial charge in [0.25, 0.3) is 0 Å². The van der Waals surface area contributed by atoms with Gasteiger partial charge in [-0.05, 0) is 26.2 Å². The summed E-state index contributed by atoms with van der Waals surface area (Å²) < 4.78 is 5.64. The SMILES string of the molecule is CC1CCCC(SCCO)O1. The second-order valence-corrected chi connectivity index (χ2v) is 4.17. The van der Waals surface area contributed by atoms with E-state index in [0.29, 0.717) is 11.5 Å². The molecule has 0 bridgehead atoms. The Balaban J connectivity index is 2.12. The fourth-order valence-electron chi connectivity index (χ4n) is 1.27. The van der Waals surface area contributed by atoms with Crippen molar-refractivity contribution >= 4 is 11.8 Å². The molecule has 0 aliphatic carbocycles. The topological polar surface area (TPSA) is 29.5 Å². The minimum Gasteiger partial charge on any atom is -0.396 e. The van der Waals surface area contributed by atoms with Gasteiger partial charge in [-0.2, -0.15) is 0 Å². The van der Waals surface area contributed by atoms with Crippen LogP contribution in [0.15, 0.2) is 0 Å². The van der Waals surface area contributed by atoms with Crippen molar-refractivity contribution in [1.29, 1.82) is 0 Å². The van der Waals surface area contributed by atoms with E-state index in [-0.39, 0.29) is 6.61 Å². The summed E-state index contributed by atoms with van der Waals surface area (Å²) in [5, 5.41) is 8.59. The van der Waals surface area contributed by atoms with Gasteiger partial charge in [-0.25, -0.2) is 0 Å². The normalized spacial score (nSPS) is 32.2.